The van der Waals surface area contributed by atoms with Crippen LogP contribution in [-0.2, 0) is 11.3 Å². The summed E-state index contributed by atoms with van der Waals surface area (Å²) in [5.74, 6) is -0.241. The van der Waals surface area contributed by atoms with E-state index in [0.717, 1.165) is 0 Å². The Bertz CT molecular complexity index is 269. The molecule has 0 saturated heterocycles. The zero-order chi connectivity index (χ0) is 8.97. The van der Waals surface area contributed by atoms with Crippen molar-refractivity contribution in [3.05, 3.63) is 17.7 Å². The average Bonchev–Trinajstić information content (AvgIpc) is 2.52. The quantitative estimate of drug-likeness (QED) is 0.626. The molecule has 0 radical (unpaired) electrons. The van der Waals surface area contributed by atoms with Crippen LogP contribution in [0.15, 0.2) is 6.20 Å². The van der Waals surface area contributed by atoms with E-state index in [9.17, 15) is 4.79 Å². The Labute approximate surface area is 69.9 Å². The van der Waals surface area contributed by atoms with E-state index in [1.807, 2.05) is 0 Å². The zero-order valence-corrected chi connectivity index (χ0v) is 6.83. The summed E-state index contributed by atoms with van der Waals surface area (Å²) in [6.45, 7) is 2.40. The van der Waals surface area contributed by atoms with Gasteiger partial charge in [-0.05, 0) is 6.92 Å². The lowest BCUT2D eigenvalue weighted by Crippen LogP contribution is -2.07. The van der Waals surface area contributed by atoms with Gasteiger partial charge in [-0.1, -0.05) is 0 Å². The summed E-state index contributed by atoms with van der Waals surface area (Å²) in [6, 6.07) is 0. The third-order valence-corrected chi connectivity index (χ3v) is 1.31. The van der Waals surface area contributed by atoms with Gasteiger partial charge < -0.3 is 15.5 Å². The number of hydrogen-bond acceptors (Lipinski definition) is 4. The lowest BCUT2D eigenvalue weighted by atomic mass is 10.5. The molecule has 12 heavy (non-hydrogen) atoms. The molecule has 1 heterocycles. The number of aromatic amines is 1. The van der Waals surface area contributed by atoms with Crippen LogP contribution in [0.25, 0.3) is 0 Å². The molecule has 0 atom stereocenters. The molecular weight excluding hydrogens is 158 g/mol. The second kappa shape index (κ2) is 3.87. The maximum atomic E-state index is 11.0. The SMILES string of the molecule is CCOC(=O)c1nc(CN)c[nH]1. The highest BCUT2D eigenvalue weighted by Crippen LogP contribution is 1.97. The van der Waals surface area contributed by atoms with Crippen LogP contribution >= 0.6 is 0 Å². The molecule has 1 aromatic rings. The van der Waals surface area contributed by atoms with Gasteiger partial charge in [-0.2, -0.15) is 0 Å². The fourth-order valence-electron chi connectivity index (χ4n) is 0.768. The zero-order valence-electron chi connectivity index (χ0n) is 6.83. The molecule has 3 N–H and O–H groups in total. The van der Waals surface area contributed by atoms with Crippen LogP contribution in [0.3, 0.4) is 0 Å². The molecule has 0 saturated carbocycles. The highest BCUT2D eigenvalue weighted by molar-refractivity contribution is 5.85. The molecule has 0 aliphatic carbocycles. The van der Waals surface area contributed by atoms with Crippen molar-refractivity contribution < 1.29 is 9.53 Å². The van der Waals surface area contributed by atoms with Crippen LogP contribution < -0.4 is 5.73 Å². The normalized spacial score (nSPS) is 9.83. The Hall–Kier alpha value is -1.36. The van der Waals surface area contributed by atoms with E-state index >= 15 is 0 Å². The van der Waals surface area contributed by atoms with E-state index in [1.54, 1.807) is 13.1 Å². The van der Waals surface area contributed by atoms with Crippen molar-refractivity contribution >= 4 is 5.97 Å². The van der Waals surface area contributed by atoms with Crippen molar-refractivity contribution in [3.8, 4) is 0 Å². The number of hydrogen-bond donors (Lipinski definition) is 2. The highest BCUT2D eigenvalue weighted by atomic mass is 16.5. The molecule has 0 aliphatic rings. The molecule has 0 bridgehead atoms. The summed E-state index contributed by atoms with van der Waals surface area (Å²) < 4.78 is 4.71. The summed E-state index contributed by atoms with van der Waals surface area (Å²) in [5.41, 5.74) is 5.95. The number of aromatic nitrogens is 2. The summed E-state index contributed by atoms with van der Waals surface area (Å²) in [7, 11) is 0. The summed E-state index contributed by atoms with van der Waals surface area (Å²) in [4.78, 5) is 17.6. The third kappa shape index (κ3) is 1.82. The van der Waals surface area contributed by atoms with Gasteiger partial charge in [0, 0.05) is 12.7 Å². The predicted octanol–water partition coefficient (Wildman–Crippen LogP) is 0.0451. The van der Waals surface area contributed by atoms with Crippen LogP contribution in [0, 0.1) is 0 Å². The first kappa shape index (κ1) is 8.73. The van der Waals surface area contributed by atoms with Crippen molar-refractivity contribution in [2.24, 2.45) is 5.73 Å². The van der Waals surface area contributed by atoms with Crippen LogP contribution in [-0.4, -0.2) is 22.5 Å². The number of carbonyl (C=O) groups excluding carboxylic acids is 1. The van der Waals surface area contributed by atoms with Crippen LogP contribution in [0.1, 0.15) is 23.2 Å². The lowest BCUT2D eigenvalue weighted by Gasteiger charge is -1.95. The molecule has 66 valence electrons. The lowest BCUT2D eigenvalue weighted by molar-refractivity contribution is 0.0513. The van der Waals surface area contributed by atoms with Crippen molar-refractivity contribution in [2.45, 2.75) is 13.5 Å². The maximum absolute atomic E-state index is 11.0. The minimum absolute atomic E-state index is 0.206. The van der Waals surface area contributed by atoms with Crippen molar-refractivity contribution in [3.63, 3.8) is 0 Å². The second-order valence-electron chi connectivity index (χ2n) is 2.17. The number of carbonyl (C=O) groups is 1. The van der Waals surface area contributed by atoms with Crippen molar-refractivity contribution in [1.82, 2.24) is 9.97 Å². The van der Waals surface area contributed by atoms with Crippen LogP contribution in [0.2, 0.25) is 0 Å². The number of esters is 1. The number of nitrogens with two attached hydrogens (primary N) is 1. The van der Waals surface area contributed by atoms with E-state index in [2.05, 4.69) is 9.97 Å². The fourth-order valence-corrected chi connectivity index (χ4v) is 0.768. The largest absolute Gasteiger partial charge is 0.460 e. The molecule has 1 rings (SSSR count). The van der Waals surface area contributed by atoms with Gasteiger partial charge in [0.05, 0.1) is 12.3 Å². The molecule has 0 unspecified atom stereocenters. The Morgan fingerprint density at radius 3 is 3.08 bits per heavy atom. The van der Waals surface area contributed by atoms with E-state index in [-0.39, 0.29) is 5.82 Å². The second-order valence-corrected chi connectivity index (χ2v) is 2.17. The number of ether oxygens (including phenoxy) is 1. The number of imidazole rings is 1. The standard InChI is InChI=1S/C7H11N3O2/c1-2-12-7(11)6-9-4-5(3-8)10-6/h4H,2-3,8H2,1H3,(H,9,10). The maximum Gasteiger partial charge on any atom is 0.374 e. The number of nitrogens with zero attached hydrogens (tertiary/aromatic N) is 1. The number of nitrogens with one attached hydrogen (secondary N) is 1. The van der Waals surface area contributed by atoms with Gasteiger partial charge in [0.15, 0.2) is 0 Å². The van der Waals surface area contributed by atoms with Crippen LogP contribution in [0.4, 0.5) is 0 Å². The number of H-pyrrole nitrogens is 1. The van der Waals surface area contributed by atoms with E-state index in [1.165, 1.54) is 0 Å². The minimum Gasteiger partial charge on any atom is -0.460 e. The van der Waals surface area contributed by atoms with Gasteiger partial charge in [-0.25, -0.2) is 9.78 Å². The predicted molar refractivity (Wildman–Crippen MR) is 42.4 cm³/mol. The van der Waals surface area contributed by atoms with E-state index in [4.69, 9.17) is 10.5 Å². The van der Waals surface area contributed by atoms with E-state index in [0.29, 0.717) is 18.8 Å². The van der Waals surface area contributed by atoms with Gasteiger partial charge in [-0.3, -0.25) is 0 Å². The first-order chi connectivity index (χ1) is 5.77. The summed E-state index contributed by atoms with van der Waals surface area (Å²) >= 11 is 0. The van der Waals surface area contributed by atoms with Crippen molar-refractivity contribution in [2.75, 3.05) is 6.61 Å². The van der Waals surface area contributed by atoms with Gasteiger partial charge >= 0.3 is 5.97 Å². The van der Waals surface area contributed by atoms with Crippen LogP contribution in [0.5, 0.6) is 0 Å². The molecule has 5 heteroatoms. The average molecular weight is 169 g/mol. The third-order valence-electron chi connectivity index (χ3n) is 1.31. The number of rotatable bonds is 3. The molecule has 0 amide bonds. The van der Waals surface area contributed by atoms with Gasteiger partial charge in [0.25, 0.3) is 0 Å². The molecular formula is C7H11N3O2. The monoisotopic (exact) mass is 169 g/mol. The molecule has 1 aromatic heterocycles. The smallest absolute Gasteiger partial charge is 0.374 e. The summed E-state index contributed by atoms with van der Waals surface area (Å²) in [6.07, 6.45) is 1.59. The minimum atomic E-state index is -0.447. The van der Waals surface area contributed by atoms with Gasteiger partial charge in [0.2, 0.25) is 5.82 Å². The topological polar surface area (TPSA) is 81.0 Å². The first-order valence-corrected chi connectivity index (χ1v) is 3.69. The highest BCUT2D eigenvalue weighted by Gasteiger charge is 2.09. The fraction of sp³-hybridized carbons (Fsp3) is 0.429. The first-order valence-electron chi connectivity index (χ1n) is 3.69. The molecule has 0 fully saturated rings. The van der Waals surface area contributed by atoms with Gasteiger partial charge in [0.1, 0.15) is 0 Å². The Morgan fingerprint density at radius 1 is 1.83 bits per heavy atom. The Balaban J connectivity index is 2.68. The molecule has 0 aliphatic heterocycles. The Morgan fingerprint density at radius 2 is 2.58 bits per heavy atom. The molecule has 5 nitrogen and oxygen atoms in total. The Kier molecular flexibility index (Phi) is 2.82. The van der Waals surface area contributed by atoms with Crippen molar-refractivity contribution in [1.29, 1.82) is 0 Å². The van der Waals surface area contributed by atoms with E-state index < -0.39 is 5.97 Å². The molecule has 0 aromatic carbocycles. The van der Waals surface area contributed by atoms with Gasteiger partial charge in [-0.15, -0.1) is 0 Å². The summed E-state index contributed by atoms with van der Waals surface area (Å²) in [5, 5.41) is 0. The molecule has 0 spiro atoms.